The van der Waals surface area contributed by atoms with Gasteiger partial charge in [0.15, 0.2) is 0 Å². The summed E-state index contributed by atoms with van der Waals surface area (Å²) in [4.78, 5) is 10.7. The summed E-state index contributed by atoms with van der Waals surface area (Å²) in [5.74, 6) is 0.00725. The van der Waals surface area contributed by atoms with Crippen LogP contribution in [0.5, 0.6) is 5.75 Å². The number of aliphatic carboxylic acids is 1. The molecule has 1 aromatic heterocycles. The Kier molecular flexibility index (Phi) is 5.63. The molecule has 0 fully saturated rings. The maximum atomic E-state index is 10.7. The lowest BCUT2D eigenvalue weighted by atomic mass is 9.99. The van der Waals surface area contributed by atoms with Crippen LogP contribution in [0.15, 0.2) is 72.1 Å². The summed E-state index contributed by atoms with van der Waals surface area (Å²) in [6.45, 7) is 2.64. The fourth-order valence-corrected chi connectivity index (χ4v) is 4.36. The second-order valence-electron chi connectivity index (χ2n) is 7.12. The highest BCUT2D eigenvalue weighted by Crippen LogP contribution is 2.36. The lowest BCUT2D eigenvalue weighted by molar-refractivity contribution is -0.136. The number of hydrogen-bond donors (Lipinski definition) is 1. The van der Waals surface area contributed by atoms with Crippen molar-refractivity contribution in [2.45, 2.75) is 26.4 Å². The first-order chi connectivity index (χ1) is 14.1. The molecule has 4 aromatic rings. The van der Waals surface area contributed by atoms with Crippen molar-refractivity contribution < 1.29 is 14.6 Å². The Balaban J connectivity index is 1.49. The van der Waals surface area contributed by atoms with Crippen LogP contribution in [0.4, 0.5) is 0 Å². The maximum absolute atomic E-state index is 10.7. The van der Waals surface area contributed by atoms with Crippen LogP contribution in [-0.4, -0.2) is 11.1 Å². The molecular formula is C25H22O3S. The number of benzene rings is 3. The quantitative estimate of drug-likeness (QED) is 0.385. The first-order valence-electron chi connectivity index (χ1n) is 9.60. The summed E-state index contributed by atoms with van der Waals surface area (Å²) < 4.78 is 7.23. The van der Waals surface area contributed by atoms with Crippen LogP contribution in [0.25, 0.3) is 21.2 Å². The molecule has 0 saturated heterocycles. The van der Waals surface area contributed by atoms with Crippen molar-refractivity contribution in [2.75, 3.05) is 0 Å². The Morgan fingerprint density at radius 2 is 1.72 bits per heavy atom. The molecule has 0 aliphatic heterocycles. The molecule has 3 aromatic carbocycles. The lowest BCUT2D eigenvalue weighted by Gasteiger charge is -2.09. The van der Waals surface area contributed by atoms with Gasteiger partial charge in [0.1, 0.15) is 12.4 Å². The molecule has 146 valence electrons. The van der Waals surface area contributed by atoms with Crippen molar-refractivity contribution in [2.24, 2.45) is 0 Å². The van der Waals surface area contributed by atoms with Crippen LogP contribution in [0.1, 0.15) is 23.1 Å². The average molecular weight is 403 g/mol. The highest BCUT2D eigenvalue weighted by Gasteiger charge is 2.09. The van der Waals surface area contributed by atoms with E-state index in [-0.39, 0.29) is 6.42 Å². The van der Waals surface area contributed by atoms with Gasteiger partial charge in [-0.05, 0) is 65.2 Å². The van der Waals surface area contributed by atoms with Gasteiger partial charge in [0.05, 0.1) is 0 Å². The maximum Gasteiger partial charge on any atom is 0.303 e. The van der Waals surface area contributed by atoms with E-state index in [0.717, 1.165) is 16.9 Å². The van der Waals surface area contributed by atoms with Crippen LogP contribution in [-0.2, 0) is 17.8 Å². The summed E-state index contributed by atoms with van der Waals surface area (Å²) in [7, 11) is 0. The molecule has 3 nitrogen and oxygen atoms in total. The number of hydrogen-bond acceptors (Lipinski definition) is 3. The van der Waals surface area contributed by atoms with Gasteiger partial charge in [-0.3, -0.25) is 4.79 Å². The first kappa shape index (κ1) is 19.2. The zero-order chi connectivity index (χ0) is 20.2. The van der Waals surface area contributed by atoms with E-state index >= 15 is 0 Å². The number of carbonyl (C=O) groups is 1. The Bertz CT molecular complexity index is 1140. The number of aryl methyl sites for hydroxylation is 2. The smallest absolute Gasteiger partial charge is 0.303 e. The molecule has 0 atom stereocenters. The number of thiophene rings is 1. The predicted octanol–water partition coefficient (Wildman–Crippen LogP) is 6.47. The molecule has 29 heavy (non-hydrogen) atoms. The molecule has 0 spiro atoms. The minimum atomic E-state index is -0.779. The van der Waals surface area contributed by atoms with E-state index in [1.54, 1.807) is 11.3 Å². The first-order valence-corrected chi connectivity index (χ1v) is 10.5. The van der Waals surface area contributed by atoms with Gasteiger partial charge in [-0.2, -0.15) is 0 Å². The van der Waals surface area contributed by atoms with E-state index in [2.05, 4.69) is 54.8 Å². The molecule has 4 rings (SSSR count). The average Bonchev–Trinajstić information content (AvgIpc) is 3.15. The van der Waals surface area contributed by atoms with Gasteiger partial charge >= 0.3 is 5.97 Å². The highest BCUT2D eigenvalue weighted by molar-refractivity contribution is 7.17. The largest absolute Gasteiger partial charge is 0.489 e. The zero-order valence-electron chi connectivity index (χ0n) is 16.2. The minimum Gasteiger partial charge on any atom is -0.489 e. The van der Waals surface area contributed by atoms with Gasteiger partial charge in [-0.25, -0.2) is 0 Å². The Morgan fingerprint density at radius 1 is 0.966 bits per heavy atom. The Morgan fingerprint density at radius 3 is 2.48 bits per heavy atom. The third kappa shape index (κ3) is 4.49. The number of fused-ring (bicyclic) bond motifs is 1. The molecule has 1 N–H and O–H groups in total. The van der Waals surface area contributed by atoms with Crippen molar-refractivity contribution in [3.05, 3.63) is 88.8 Å². The SMILES string of the molecule is Cc1ccccc1-c1csc2ccc(COc3ccc(CCC(=O)O)cc3)cc12. The van der Waals surface area contributed by atoms with E-state index in [0.29, 0.717) is 13.0 Å². The normalized spacial score (nSPS) is 10.9. The summed E-state index contributed by atoms with van der Waals surface area (Å²) >= 11 is 1.77. The number of carboxylic acids is 1. The standard InChI is InChI=1S/C25H22O3S/c1-17-4-2-3-5-21(17)23-16-29-24-12-8-19(14-22(23)24)15-28-20-10-6-18(7-11-20)9-13-25(26)27/h2-8,10-12,14,16H,9,13,15H2,1H3,(H,26,27). The summed E-state index contributed by atoms with van der Waals surface area (Å²) in [6.07, 6.45) is 0.677. The molecule has 1 heterocycles. The van der Waals surface area contributed by atoms with Crippen molar-refractivity contribution in [1.82, 2.24) is 0 Å². The molecule has 0 aliphatic rings. The number of ether oxygens (including phenoxy) is 1. The lowest BCUT2D eigenvalue weighted by Crippen LogP contribution is -1.98. The van der Waals surface area contributed by atoms with Crippen LogP contribution >= 0.6 is 11.3 Å². The van der Waals surface area contributed by atoms with Gasteiger partial charge in [-0.1, -0.05) is 42.5 Å². The van der Waals surface area contributed by atoms with Crippen molar-refractivity contribution in [1.29, 1.82) is 0 Å². The summed E-state index contributed by atoms with van der Waals surface area (Å²) in [5.41, 5.74) is 5.95. The Hall–Kier alpha value is -3.11. The number of carboxylic acid groups (broad SMARTS) is 1. The van der Waals surface area contributed by atoms with Crippen molar-refractivity contribution in [3.8, 4) is 16.9 Å². The van der Waals surface area contributed by atoms with Gasteiger partial charge < -0.3 is 9.84 Å². The van der Waals surface area contributed by atoms with Gasteiger partial charge in [-0.15, -0.1) is 11.3 Å². The van der Waals surface area contributed by atoms with E-state index in [9.17, 15) is 4.79 Å². The van der Waals surface area contributed by atoms with Crippen molar-refractivity contribution >= 4 is 27.4 Å². The highest BCUT2D eigenvalue weighted by atomic mass is 32.1. The van der Waals surface area contributed by atoms with Crippen LogP contribution in [0, 0.1) is 6.92 Å². The van der Waals surface area contributed by atoms with Crippen LogP contribution in [0.3, 0.4) is 0 Å². The van der Waals surface area contributed by atoms with E-state index in [1.165, 1.54) is 26.8 Å². The van der Waals surface area contributed by atoms with Gasteiger partial charge in [0.25, 0.3) is 0 Å². The second kappa shape index (κ2) is 8.50. The molecule has 0 radical (unpaired) electrons. The summed E-state index contributed by atoms with van der Waals surface area (Å²) in [5, 5.41) is 12.3. The molecule has 0 bridgehead atoms. The monoisotopic (exact) mass is 402 g/mol. The molecule has 0 amide bonds. The molecule has 0 saturated carbocycles. The summed E-state index contributed by atoms with van der Waals surface area (Å²) in [6, 6.07) is 22.6. The topological polar surface area (TPSA) is 46.5 Å². The second-order valence-corrected chi connectivity index (χ2v) is 8.03. The van der Waals surface area contributed by atoms with E-state index in [4.69, 9.17) is 9.84 Å². The van der Waals surface area contributed by atoms with Crippen LogP contribution < -0.4 is 4.74 Å². The minimum absolute atomic E-state index is 0.143. The van der Waals surface area contributed by atoms with Gasteiger partial charge in [0, 0.05) is 22.1 Å². The van der Waals surface area contributed by atoms with Gasteiger partial charge in [0.2, 0.25) is 0 Å². The third-order valence-corrected chi connectivity index (χ3v) is 5.99. The van der Waals surface area contributed by atoms with E-state index in [1.807, 2.05) is 24.3 Å². The van der Waals surface area contributed by atoms with Crippen molar-refractivity contribution in [3.63, 3.8) is 0 Å². The number of rotatable bonds is 7. The molecule has 4 heteroatoms. The van der Waals surface area contributed by atoms with E-state index < -0.39 is 5.97 Å². The third-order valence-electron chi connectivity index (χ3n) is 5.03. The molecule has 0 aliphatic carbocycles. The molecular weight excluding hydrogens is 380 g/mol. The molecule has 0 unspecified atom stereocenters. The fraction of sp³-hybridized carbons (Fsp3) is 0.160. The Labute approximate surface area is 174 Å². The predicted molar refractivity (Wildman–Crippen MR) is 119 cm³/mol. The fourth-order valence-electron chi connectivity index (χ4n) is 3.42. The zero-order valence-corrected chi connectivity index (χ0v) is 17.0. The van der Waals surface area contributed by atoms with Crippen LogP contribution in [0.2, 0.25) is 0 Å².